The first-order valence-corrected chi connectivity index (χ1v) is 13.9. The first-order chi connectivity index (χ1) is 15.8. The van der Waals surface area contributed by atoms with Gasteiger partial charge in [-0.15, -0.1) is 0 Å². The summed E-state index contributed by atoms with van der Waals surface area (Å²) >= 11 is 0. The zero-order chi connectivity index (χ0) is 22.4. The summed E-state index contributed by atoms with van der Waals surface area (Å²) in [5.74, 6) is 17.2. The molecule has 0 nitrogen and oxygen atoms in total. The molecule has 0 heteroatoms. The summed E-state index contributed by atoms with van der Waals surface area (Å²) in [6.07, 6.45) is 22.0. The third kappa shape index (κ3) is 9.07. The number of rotatable bonds is 8. The number of hydrogen-bond donors (Lipinski definition) is 0. The highest BCUT2D eigenvalue weighted by molar-refractivity contribution is 5.42. The minimum atomic E-state index is 0.606. The van der Waals surface area contributed by atoms with Gasteiger partial charge in [-0.3, -0.25) is 0 Å². The molecule has 0 amide bonds. The van der Waals surface area contributed by atoms with E-state index < -0.39 is 0 Å². The summed E-state index contributed by atoms with van der Waals surface area (Å²) in [6.45, 7) is 4.60. The summed E-state index contributed by atoms with van der Waals surface area (Å²) in [5.41, 5.74) is 2.29. The van der Waals surface area contributed by atoms with Crippen molar-refractivity contribution in [2.45, 2.75) is 117 Å². The van der Waals surface area contributed by atoms with Crippen LogP contribution in [0.5, 0.6) is 0 Å². The molecule has 0 heterocycles. The lowest BCUT2D eigenvalue weighted by Crippen LogP contribution is -2.13. The van der Waals surface area contributed by atoms with Crippen molar-refractivity contribution in [2.75, 3.05) is 0 Å². The van der Waals surface area contributed by atoms with Crippen LogP contribution in [0, 0.1) is 47.4 Å². The van der Waals surface area contributed by atoms with Crippen LogP contribution >= 0.6 is 0 Å². The van der Waals surface area contributed by atoms with Crippen molar-refractivity contribution in [3.8, 4) is 23.7 Å². The SMILES string of the molecule is CCCCC[C@H]1CC[C@H](C#Cc2ccc(C#C[C@H]3CC[C@H](CCCCC)CC3)cc2)CC1. The van der Waals surface area contributed by atoms with Crippen molar-refractivity contribution in [3.05, 3.63) is 35.4 Å². The summed E-state index contributed by atoms with van der Waals surface area (Å²) in [7, 11) is 0. The molecule has 2 aliphatic rings. The molecule has 1 aromatic rings. The standard InChI is InChI=1S/C32H46/c1-3-5-7-9-27-11-15-29(16-12-27)19-21-31-23-25-32(26-24-31)22-20-30-17-13-28(14-18-30)10-8-6-4-2/h23-30H,3-18H2,1-2H3/t27-,28-,29-,30-. The van der Waals surface area contributed by atoms with Gasteiger partial charge >= 0.3 is 0 Å². The second-order valence-electron chi connectivity index (χ2n) is 10.5. The van der Waals surface area contributed by atoms with Gasteiger partial charge in [-0.05, 0) is 87.5 Å². The van der Waals surface area contributed by atoms with Crippen LogP contribution in [0.25, 0.3) is 0 Å². The van der Waals surface area contributed by atoms with Crippen molar-refractivity contribution in [1.82, 2.24) is 0 Å². The van der Waals surface area contributed by atoms with Crippen LogP contribution in [-0.2, 0) is 0 Å². The number of benzene rings is 1. The molecule has 0 bridgehead atoms. The minimum Gasteiger partial charge on any atom is -0.0945 e. The molecule has 2 saturated carbocycles. The first-order valence-electron chi connectivity index (χ1n) is 13.9. The Morgan fingerprint density at radius 2 is 0.938 bits per heavy atom. The van der Waals surface area contributed by atoms with E-state index in [1.165, 1.54) is 103 Å². The predicted molar refractivity (Wildman–Crippen MR) is 139 cm³/mol. The molecule has 2 fully saturated rings. The van der Waals surface area contributed by atoms with Crippen LogP contribution in [0.4, 0.5) is 0 Å². The molecule has 0 atom stereocenters. The number of unbranched alkanes of at least 4 members (excludes halogenated alkanes) is 4. The van der Waals surface area contributed by atoms with E-state index in [9.17, 15) is 0 Å². The molecule has 3 rings (SSSR count). The van der Waals surface area contributed by atoms with Crippen LogP contribution in [0.3, 0.4) is 0 Å². The van der Waals surface area contributed by atoms with Crippen molar-refractivity contribution in [2.24, 2.45) is 23.7 Å². The van der Waals surface area contributed by atoms with Crippen LogP contribution < -0.4 is 0 Å². The van der Waals surface area contributed by atoms with Crippen LogP contribution in [-0.4, -0.2) is 0 Å². The molecule has 0 aromatic heterocycles. The summed E-state index contributed by atoms with van der Waals surface area (Å²) < 4.78 is 0. The van der Waals surface area contributed by atoms with Crippen LogP contribution in [0.15, 0.2) is 24.3 Å². The first kappa shape index (κ1) is 25.0. The zero-order valence-electron chi connectivity index (χ0n) is 20.9. The fourth-order valence-electron chi connectivity index (χ4n) is 5.56. The lowest BCUT2D eigenvalue weighted by Gasteiger charge is -2.25. The predicted octanol–water partition coefficient (Wildman–Crippen LogP) is 9.16. The van der Waals surface area contributed by atoms with E-state index in [1.54, 1.807) is 0 Å². The van der Waals surface area contributed by atoms with Gasteiger partial charge in [0.2, 0.25) is 0 Å². The molecule has 0 spiro atoms. The van der Waals surface area contributed by atoms with Crippen LogP contribution in [0.1, 0.15) is 128 Å². The fraction of sp³-hybridized carbons (Fsp3) is 0.688. The normalized spacial score (nSPS) is 25.3. The third-order valence-electron chi connectivity index (χ3n) is 7.85. The average molecular weight is 431 g/mol. The Hall–Kier alpha value is -1.66. The minimum absolute atomic E-state index is 0.606. The zero-order valence-corrected chi connectivity index (χ0v) is 20.9. The Balaban J connectivity index is 1.39. The molecule has 174 valence electrons. The molecule has 0 unspecified atom stereocenters. The van der Waals surface area contributed by atoms with Gasteiger partial charge < -0.3 is 0 Å². The fourth-order valence-corrected chi connectivity index (χ4v) is 5.56. The largest absolute Gasteiger partial charge is 0.0945 e. The van der Waals surface area contributed by atoms with Gasteiger partial charge in [0, 0.05) is 23.0 Å². The molecular weight excluding hydrogens is 384 g/mol. The maximum absolute atomic E-state index is 3.57. The summed E-state index contributed by atoms with van der Waals surface area (Å²) in [5, 5.41) is 0. The smallest absolute Gasteiger partial charge is 0.0246 e. The van der Waals surface area contributed by atoms with Crippen molar-refractivity contribution in [1.29, 1.82) is 0 Å². The summed E-state index contributed by atoms with van der Waals surface area (Å²) in [4.78, 5) is 0. The van der Waals surface area contributed by atoms with Gasteiger partial charge in [0.15, 0.2) is 0 Å². The Morgan fingerprint density at radius 3 is 1.28 bits per heavy atom. The van der Waals surface area contributed by atoms with Gasteiger partial charge in [-0.25, -0.2) is 0 Å². The molecule has 32 heavy (non-hydrogen) atoms. The van der Waals surface area contributed by atoms with Gasteiger partial charge in [-0.1, -0.05) is 88.9 Å². The lowest BCUT2D eigenvalue weighted by molar-refractivity contribution is 0.294. The van der Waals surface area contributed by atoms with E-state index in [1.807, 2.05) is 0 Å². The second kappa shape index (κ2) is 14.5. The highest BCUT2D eigenvalue weighted by Crippen LogP contribution is 2.32. The topological polar surface area (TPSA) is 0 Å². The van der Waals surface area contributed by atoms with E-state index in [0.29, 0.717) is 11.8 Å². The Morgan fingerprint density at radius 1 is 0.562 bits per heavy atom. The summed E-state index contributed by atoms with van der Waals surface area (Å²) in [6, 6.07) is 8.66. The molecule has 0 N–H and O–H groups in total. The highest BCUT2D eigenvalue weighted by atomic mass is 14.2. The molecule has 1 aromatic carbocycles. The van der Waals surface area contributed by atoms with Crippen molar-refractivity contribution < 1.29 is 0 Å². The Bertz CT molecular complexity index is 679. The average Bonchev–Trinajstić information content (AvgIpc) is 2.84. The Kier molecular flexibility index (Phi) is 11.3. The lowest BCUT2D eigenvalue weighted by atomic mass is 9.80. The van der Waals surface area contributed by atoms with Gasteiger partial charge in [-0.2, -0.15) is 0 Å². The number of hydrogen-bond acceptors (Lipinski definition) is 0. The van der Waals surface area contributed by atoms with E-state index in [4.69, 9.17) is 0 Å². The Labute approximate surface area is 199 Å². The molecule has 0 aliphatic heterocycles. The van der Waals surface area contributed by atoms with Gasteiger partial charge in [0.25, 0.3) is 0 Å². The molecule has 0 saturated heterocycles. The second-order valence-corrected chi connectivity index (χ2v) is 10.5. The van der Waals surface area contributed by atoms with Crippen molar-refractivity contribution in [3.63, 3.8) is 0 Å². The molecule has 0 radical (unpaired) electrons. The van der Waals surface area contributed by atoms with Gasteiger partial charge in [0.1, 0.15) is 0 Å². The molecular formula is C32H46. The monoisotopic (exact) mass is 430 g/mol. The third-order valence-corrected chi connectivity index (χ3v) is 7.85. The molecule has 2 aliphatic carbocycles. The maximum Gasteiger partial charge on any atom is 0.0246 e. The van der Waals surface area contributed by atoms with E-state index in [2.05, 4.69) is 61.8 Å². The van der Waals surface area contributed by atoms with Crippen molar-refractivity contribution >= 4 is 0 Å². The highest BCUT2D eigenvalue weighted by Gasteiger charge is 2.20. The van der Waals surface area contributed by atoms with Crippen LogP contribution in [0.2, 0.25) is 0 Å². The maximum atomic E-state index is 3.57. The van der Waals surface area contributed by atoms with E-state index >= 15 is 0 Å². The van der Waals surface area contributed by atoms with Gasteiger partial charge in [0.05, 0.1) is 0 Å². The van der Waals surface area contributed by atoms with E-state index in [0.717, 1.165) is 23.0 Å². The quantitative estimate of drug-likeness (QED) is 0.285. The van der Waals surface area contributed by atoms with E-state index in [-0.39, 0.29) is 0 Å².